The predicted molar refractivity (Wildman–Crippen MR) is 128 cm³/mol. The van der Waals surface area contributed by atoms with Crippen LogP contribution in [0.2, 0.25) is 10.0 Å². The Bertz CT molecular complexity index is 1290. The summed E-state index contributed by atoms with van der Waals surface area (Å²) in [4.78, 5) is 38.7. The van der Waals surface area contributed by atoms with E-state index in [0.29, 0.717) is 33.5 Å². The Hall–Kier alpha value is -3.61. The van der Waals surface area contributed by atoms with Crippen LogP contribution in [0.5, 0.6) is 5.75 Å². The maximum Gasteiger partial charge on any atom is 0.335 e. The van der Waals surface area contributed by atoms with Crippen molar-refractivity contribution in [3.8, 4) is 5.75 Å². The zero-order valence-electron chi connectivity index (χ0n) is 17.5. The molecule has 1 aliphatic rings. The van der Waals surface area contributed by atoms with Crippen molar-refractivity contribution in [3.63, 3.8) is 0 Å². The quantitative estimate of drug-likeness (QED) is 0.399. The zero-order chi connectivity index (χ0) is 23.5. The number of halogens is 2. The summed E-state index contributed by atoms with van der Waals surface area (Å²) in [6, 6.07) is 18.2. The van der Waals surface area contributed by atoms with Gasteiger partial charge in [-0.05, 0) is 59.2 Å². The second-order valence-electron chi connectivity index (χ2n) is 7.27. The number of nitrogens with zero attached hydrogens (tertiary/aromatic N) is 1. The van der Waals surface area contributed by atoms with Gasteiger partial charge in [0.05, 0.1) is 12.8 Å². The molecule has 1 heterocycles. The molecule has 0 spiro atoms. The number of urea groups is 1. The van der Waals surface area contributed by atoms with Gasteiger partial charge >= 0.3 is 6.03 Å². The van der Waals surface area contributed by atoms with Gasteiger partial charge in [0.2, 0.25) is 0 Å². The molecule has 3 aromatic carbocycles. The number of hydrogen-bond donors (Lipinski definition) is 1. The van der Waals surface area contributed by atoms with Gasteiger partial charge in [-0.2, -0.15) is 0 Å². The van der Waals surface area contributed by atoms with Crippen molar-refractivity contribution >= 4 is 52.8 Å². The summed E-state index contributed by atoms with van der Waals surface area (Å²) in [5.74, 6) is -0.918. The zero-order valence-corrected chi connectivity index (χ0v) is 19.0. The van der Waals surface area contributed by atoms with E-state index in [0.717, 1.165) is 16.0 Å². The van der Waals surface area contributed by atoms with Crippen LogP contribution in [-0.4, -0.2) is 25.0 Å². The number of benzene rings is 3. The monoisotopic (exact) mass is 480 g/mol. The molecule has 1 N–H and O–H groups in total. The Morgan fingerprint density at radius 2 is 1.67 bits per heavy atom. The smallest absolute Gasteiger partial charge is 0.335 e. The van der Waals surface area contributed by atoms with Gasteiger partial charge in [-0.25, -0.2) is 9.69 Å². The lowest BCUT2D eigenvalue weighted by Gasteiger charge is -2.26. The first-order valence-electron chi connectivity index (χ1n) is 9.94. The number of hydrogen-bond acceptors (Lipinski definition) is 4. The lowest BCUT2D eigenvalue weighted by atomic mass is 10.0. The van der Waals surface area contributed by atoms with Crippen LogP contribution in [-0.2, 0) is 16.0 Å². The van der Waals surface area contributed by atoms with Crippen molar-refractivity contribution in [2.24, 2.45) is 0 Å². The highest BCUT2D eigenvalue weighted by Crippen LogP contribution is 2.28. The van der Waals surface area contributed by atoms with Gasteiger partial charge < -0.3 is 4.74 Å². The molecule has 8 heteroatoms. The number of methoxy groups -OCH3 is 1. The Morgan fingerprint density at radius 3 is 2.36 bits per heavy atom. The van der Waals surface area contributed by atoms with Crippen LogP contribution in [0.25, 0.3) is 6.08 Å². The molecule has 0 saturated carbocycles. The molecule has 0 bridgehead atoms. The number of imide groups is 2. The fourth-order valence-electron chi connectivity index (χ4n) is 3.49. The van der Waals surface area contributed by atoms with Crippen molar-refractivity contribution in [3.05, 3.63) is 99.0 Å². The maximum absolute atomic E-state index is 13.0. The molecule has 0 atom stereocenters. The third-order valence-electron chi connectivity index (χ3n) is 5.15. The van der Waals surface area contributed by atoms with Gasteiger partial charge in [0.1, 0.15) is 11.3 Å². The van der Waals surface area contributed by atoms with Crippen LogP contribution in [0.15, 0.2) is 72.3 Å². The van der Waals surface area contributed by atoms with E-state index in [2.05, 4.69) is 5.32 Å². The Kier molecular flexibility index (Phi) is 6.49. The molecule has 6 nitrogen and oxygen atoms in total. The summed E-state index contributed by atoms with van der Waals surface area (Å²) in [6.45, 7) is 0. The molecule has 4 rings (SSSR count). The number of nitrogens with one attached hydrogen (secondary N) is 1. The molecule has 33 heavy (non-hydrogen) atoms. The minimum atomic E-state index is -0.822. The molecule has 166 valence electrons. The highest BCUT2D eigenvalue weighted by Gasteiger charge is 2.36. The van der Waals surface area contributed by atoms with E-state index in [1.807, 2.05) is 30.3 Å². The van der Waals surface area contributed by atoms with Gasteiger partial charge in [0.25, 0.3) is 11.8 Å². The Labute approximate surface area is 200 Å². The van der Waals surface area contributed by atoms with E-state index < -0.39 is 17.8 Å². The van der Waals surface area contributed by atoms with Crippen LogP contribution in [0.1, 0.15) is 16.7 Å². The minimum absolute atomic E-state index is 0.176. The van der Waals surface area contributed by atoms with Crippen molar-refractivity contribution in [1.82, 2.24) is 5.32 Å². The highest BCUT2D eigenvalue weighted by molar-refractivity contribution is 6.39. The fourth-order valence-corrected chi connectivity index (χ4v) is 3.82. The van der Waals surface area contributed by atoms with Crippen LogP contribution in [0.4, 0.5) is 10.5 Å². The number of anilines is 1. The van der Waals surface area contributed by atoms with E-state index in [-0.39, 0.29) is 5.57 Å². The highest BCUT2D eigenvalue weighted by atomic mass is 35.5. The van der Waals surface area contributed by atoms with E-state index >= 15 is 0 Å². The van der Waals surface area contributed by atoms with E-state index in [4.69, 9.17) is 27.9 Å². The number of ether oxygens (including phenoxy) is 1. The largest absolute Gasteiger partial charge is 0.496 e. The summed E-state index contributed by atoms with van der Waals surface area (Å²) in [7, 11) is 1.54. The second kappa shape index (κ2) is 9.48. The SMILES string of the molecule is COc1cc(/C=C2\C(=O)NC(=O)N(c3ccc(Cl)cc3)C2=O)ccc1Cc1ccccc1Cl. The van der Waals surface area contributed by atoms with Gasteiger partial charge in [0.15, 0.2) is 0 Å². The van der Waals surface area contributed by atoms with Crippen LogP contribution in [0, 0.1) is 0 Å². The van der Waals surface area contributed by atoms with Gasteiger partial charge in [-0.15, -0.1) is 0 Å². The van der Waals surface area contributed by atoms with Gasteiger partial charge in [0, 0.05) is 16.5 Å². The Balaban J connectivity index is 1.66. The second-order valence-corrected chi connectivity index (χ2v) is 8.12. The molecular weight excluding hydrogens is 463 g/mol. The number of barbiturate groups is 1. The number of carbonyl (C=O) groups excluding carboxylic acids is 3. The molecule has 1 aliphatic heterocycles. The third-order valence-corrected chi connectivity index (χ3v) is 5.77. The third kappa shape index (κ3) is 4.77. The molecule has 1 fully saturated rings. The number of carbonyl (C=O) groups is 3. The molecule has 3 aromatic rings. The summed E-state index contributed by atoms with van der Waals surface area (Å²) >= 11 is 12.2. The van der Waals surface area contributed by atoms with Crippen molar-refractivity contribution < 1.29 is 19.1 Å². The minimum Gasteiger partial charge on any atom is -0.496 e. The van der Waals surface area contributed by atoms with Crippen LogP contribution in [0.3, 0.4) is 0 Å². The molecule has 0 aromatic heterocycles. The van der Waals surface area contributed by atoms with Gasteiger partial charge in [-0.3, -0.25) is 14.9 Å². The summed E-state index contributed by atoms with van der Waals surface area (Å²) in [5, 5.41) is 3.31. The van der Waals surface area contributed by atoms with Crippen molar-refractivity contribution in [2.75, 3.05) is 12.0 Å². The van der Waals surface area contributed by atoms with E-state index in [1.165, 1.54) is 18.2 Å². The van der Waals surface area contributed by atoms with Gasteiger partial charge in [-0.1, -0.05) is 53.5 Å². The molecule has 0 aliphatic carbocycles. The van der Waals surface area contributed by atoms with E-state index in [9.17, 15) is 14.4 Å². The van der Waals surface area contributed by atoms with E-state index in [1.54, 1.807) is 31.4 Å². The molecule has 4 amide bonds. The summed E-state index contributed by atoms with van der Waals surface area (Å²) < 4.78 is 5.52. The van der Waals surface area contributed by atoms with Crippen molar-refractivity contribution in [2.45, 2.75) is 6.42 Å². The standard InChI is InChI=1S/C25H18Cl2N2O4/c1-33-22-13-15(6-7-17(22)14-16-4-2-3-5-21(16)27)12-20-23(30)28-25(32)29(24(20)31)19-10-8-18(26)9-11-19/h2-13H,14H2,1H3,(H,28,30,32)/b20-12+. The van der Waals surface area contributed by atoms with Crippen LogP contribution >= 0.6 is 23.2 Å². The normalized spacial score (nSPS) is 15.1. The first kappa shape index (κ1) is 22.6. The first-order chi connectivity index (χ1) is 15.9. The van der Waals surface area contributed by atoms with Crippen molar-refractivity contribution in [1.29, 1.82) is 0 Å². The lowest BCUT2D eigenvalue weighted by Crippen LogP contribution is -2.54. The average molecular weight is 481 g/mol. The van der Waals surface area contributed by atoms with Crippen LogP contribution < -0.4 is 15.0 Å². The lowest BCUT2D eigenvalue weighted by molar-refractivity contribution is -0.122. The number of amides is 4. The molecule has 0 unspecified atom stereocenters. The average Bonchev–Trinajstić information content (AvgIpc) is 2.80. The molecule has 1 saturated heterocycles. The molecule has 0 radical (unpaired) electrons. The summed E-state index contributed by atoms with van der Waals surface area (Å²) in [6.07, 6.45) is 1.98. The molecular formula is C25H18Cl2N2O4. The summed E-state index contributed by atoms with van der Waals surface area (Å²) in [5.41, 5.74) is 2.53. The first-order valence-corrected chi connectivity index (χ1v) is 10.7. The topological polar surface area (TPSA) is 75.7 Å². The predicted octanol–water partition coefficient (Wildman–Crippen LogP) is 5.26. The Morgan fingerprint density at radius 1 is 0.939 bits per heavy atom. The number of rotatable bonds is 5. The maximum atomic E-state index is 13.0. The fraction of sp³-hybridized carbons (Fsp3) is 0.0800.